The lowest BCUT2D eigenvalue weighted by atomic mass is 9.79. The fourth-order valence-electron chi connectivity index (χ4n) is 5.58. The van der Waals surface area contributed by atoms with E-state index in [1.807, 2.05) is 54.3 Å². The monoisotopic (exact) mass is 504 g/mol. The number of aromatic nitrogens is 2. The zero-order valence-electron chi connectivity index (χ0n) is 21.7. The van der Waals surface area contributed by atoms with Gasteiger partial charge in [0.05, 0.1) is 25.4 Å². The van der Waals surface area contributed by atoms with Crippen LogP contribution < -0.4 is 10.2 Å². The third-order valence-corrected chi connectivity index (χ3v) is 7.51. The molecular weight excluding hydrogens is 468 g/mol. The second-order valence-electron chi connectivity index (χ2n) is 10.2. The van der Waals surface area contributed by atoms with Crippen molar-refractivity contribution in [1.82, 2.24) is 15.1 Å². The Labute approximate surface area is 218 Å². The molecule has 1 saturated carbocycles. The van der Waals surface area contributed by atoms with E-state index in [2.05, 4.69) is 40.4 Å². The van der Waals surface area contributed by atoms with Crippen molar-refractivity contribution in [1.29, 1.82) is 0 Å². The first kappa shape index (κ1) is 25.3. The molecule has 1 aliphatic carbocycles. The number of hydrogen-bond acceptors (Lipinski definition) is 6. The van der Waals surface area contributed by atoms with Crippen LogP contribution in [0.5, 0.6) is 0 Å². The molecule has 2 aliphatic rings. The van der Waals surface area contributed by atoms with E-state index in [0.29, 0.717) is 19.1 Å². The van der Waals surface area contributed by atoms with E-state index < -0.39 is 12.3 Å². The summed E-state index contributed by atoms with van der Waals surface area (Å²) in [5, 5.41) is 18.5. The van der Waals surface area contributed by atoms with Gasteiger partial charge in [0.2, 0.25) is 0 Å². The van der Waals surface area contributed by atoms with Crippen LogP contribution in [0.3, 0.4) is 0 Å². The molecule has 8 nitrogen and oxygen atoms in total. The number of ether oxygens (including phenoxy) is 2. The van der Waals surface area contributed by atoms with Gasteiger partial charge < -0.3 is 24.8 Å². The summed E-state index contributed by atoms with van der Waals surface area (Å²) in [6.07, 6.45) is 5.04. The average Bonchev–Trinajstić information content (AvgIpc) is 3.63. The lowest BCUT2D eigenvalue weighted by molar-refractivity contribution is 0.120. The zero-order valence-corrected chi connectivity index (χ0v) is 21.7. The fraction of sp³-hybridized carbons (Fsp3) is 0.448. The summed E-state index contributed by atoms with van der Waals surface area (Å²) in [5.74, 6) is 0.583. The number of alkyl carbamates (subject to hydrolysis) is 1. The third-order valence-electron chi connectivity index (χ3n) is 7.51. The van der Waals surface area contributed by atoms with Gasteiger partial charge in [-0.1, -0.05) is 43.3 Å². The lowest BCUT2D eigenvalue weighted by Crippen LogP contribution is -2.54. The van der Waals surface area contributed by atoms with Gasteiger partial charge in [0.25, 0.3) is 0 Å². The van der Waals surface area contributed by atoms with E-state index in [9.17, 15) is 9.90 Å². The van der Waals surface area contributed by atoms with Crippen molar-refractivity contribution < 1.29 is 19.4 Å². The van der Waals surface area contributed by atoms with Crippen molar-refractivity contribution in [3.05, 3.63) is 72.1 Å². The molecule has 0 radical (unpaired) electrons. The highest BCUT2D eigenvalue weighted by Gasteiger charge is 2.47. The largest absolute Gasteiger partial charge is 0.445 e. The first-order valence-electron chi connectivity index (χ1n) is 13.1. The highest BCUT2D eigenvalue weighted by molar-refractivity contribution is 5.73. The number of amides is 1. The van der Waals surface area contributed by atoms with Crippen LogP contribution in [0.25, 0.3) is 11.1 Å². The van der Waals surface area contributed by atoms with Gasteiger partial charge in [0.1, 0.15) is 12.8 Å². The van der Waals surface area contributed by atoms with E-state index in [1.54, 1.807) is 7.11 Å². The lowest BCUT2D eigenvalue weighted by Gasteiger charge is -2.48. The number of methoxy groups -OCH3 is 1. The molecule has 8 heteroatoms. The van der Waals surface area contributed by atoms with Crippen LogP contribution in [0.4, 0.5) is 10.5 Å². The Balaban J connectivity index is 1.45. The fourth-order valence-corrected chi connectivity index (χ4v) is 5.58. The molecule has 196 valence electrons. The van der Waals surface area contributed by atoms with E-state index in [0.717, 1.165) is 40.8 Å². The smallest absolute Gasteiger partial charge is 0.407 e. The van der Waals surface area contributed by atoms with E-state index in [-0.39, 0.29) is 24.6 Å². The molecule has 0 saturated heterocycles. The molecule has 4 atom stereocenters. The second kappa shape index (κ2) is 10.9. The number of aliphatic hydroxyl groups excluding tert-OH is 1. The van der Waals surface area contributed by atoms with Gasteiger partial charge in [-0.25, -0.2) is 4.79 Å². The molecule has 1 amide bonds. The number of fused-ring (bicyclic) bond motifs is 1. The number of benzene rings is 2. The van der Waals surface area contributed by atoms with E-state index in [4.69, 9.17) is 9.47 Å². The van der Waals surface area contributed by atoms with Crippen LogP contribution in [-0.2, 0) is 22.6 Å². The number of anilines is 1. The number of nitrogens with zero attached hydrogens (tertiary/aromatic N) is 3. The zero-order chi connectivity index (χ0) is 25.9. The minimum absolute atomic E-state index is 0.0820. The van der Waals surface area contributed by atoms with Gasteiger partial charge in [-0.05, 0) is 54.5 Å². The van der Waals surface area contributed by atoms with Gasteiger partial charge in [-0.2, -0.15) is 5.10 Å². The molecule has 1 aromatic heterocycles. The molecule has 37 heavy (non-hydrogen) atoms. The highest BCUT2D eigenvalue weighted by Crippen LogP contribution is 2.50. The number of nitrogens with one attached hydrogen (secondary N) is 1. The standard InChI is InChI=1S/C29H36N4O4/c1-19-27(31-29(35)37-18-21-7-5-4-6-8-21)25-15-23(24-16-30-32(17-24)13-14-36-3)11-12-26(25)33(20(2)34)28(19)22-9-10-22/h4-8,11-12,15-17,19-20,22,27-28,34H,9-10,13-14,18H2,1-3H3,(H,31,35)/t19-,20?,27?,28-/m1/s1. The minimum Gasteiger partial charge on any atom is -0.445 e. The number of hydrogen-bond donors (Lipinski definition) is 2. The minimum atomic E-state index is -0.638. The first-order chi connectivity index (χ1) is 18.0. The number of aliphatic hydroxyl groups is 1. The van der Waals surface area contributed by atoms with E-state index >= 15 is 0 Å². The molecule has 5 rings (SSSR count). The van der Waals surface area contributed by atoms with Gasteiger partial charge >= 0.3 is 6.09 Å². The summed E-state index contributed by atoms with van der Waals surface area (Å²) in [6.45, 7) is 5.47. The Kier molecular flexibility index (Phi) is 7.48. The van der Waals surface area contributed by atoms with Crippen LogP contribution in [0.15, 0.2) is 60.9 Å². The summed E-state index contributed by atoms with van der Waals surface area (Å²) in [4.78, 5) is 15.1. The molecule has 2 N–H and O–H groups in total. The van der Waals surface area contributed by atoms with Gasteiger partial charge in [-0.15, -0.1) is 0 Å². The van der Waals surface area contributed by atoms with Crippen LogP contribution in [-0.4, -0.2) is 47.0 Å². The summed E-state index contributed by atoms with van der Waals surface area (Å²) in [5.41, 5.74) is 4.87. The maximum atomic E-state index is 13.0. The molecule has 2 aromatic carbocycles. The van der Waals surface area contributed by atoms with Crippen molar-refractivity contribution in [2.45, 2.75) is 58.2 Å². The summed E-state index contributed by atoms with van der Waals surface area (Å²) in [6, 6.07) is 15.8. The van der Waals surface area contributed by atoms with Gasteiger partial charge in [-0.3, -0.25) is 4.68 Å². The summed E-state index contributed by atoms with van der Waals surface area (Å²) < 4.78 is 12.6. The van der Waals surface area contributed by atoms with Crippen LogP contribution in [0.1, 0.15) is 43.9 Å². The number of carbonyl (C=O) groups is 1. The van der Waals surface area contributed by atoms with Crippen LogP contribution in [0.2, 0.25) is 0 Å². The molecule has 1 aliphatic heterocycles. The summed E-state index contributed by atoms with van der Waals surface area (Å²) in [7, 11) is 1.68. The Hall–Kier alpha value is -3.36. The Bertz CT molecular complexity index is 1210. The highest BCUT2D eigenvalue weighted by atomic mass is 16.5. The van der Waals surface area contributed by atoms with Crippen molar-refractivity contribution in [3.63, 3.8) is 0 Å². The number of carbonyl (C=O) groups excluding carboxylic acids is 1. The predicted molar refractivity (Wildman–Crippen MR) is 142 cm³/mol. The molecule has 0 spiro atoms. The average molecular weight is 505 g/mol. The molecule has 2 heterocycles. The Morgan fingerprint density at radius 1 is 1.19 bits per heavy atom. The number of rotatable bonds is 9. The van der Waals surface area contributed by atoms with Crippen molar-refractivity contribution in [3.8, 4) is 11.1 Å². The topological polar surface area (TPSA) is 88.8 Å². The Morgan fingerprint density at radius 2 is 1.97 bits per heavy atom. The quantitative estimate of drug-likeness (QED) is 0.438. The van der Waals surface area contributed by atoms with Crippen LogP contribution in [0, 0.1) is 11.8 Å². The SMILES string of the molecule is COCCn1cc(-c2ccc3c(c2)C(NC(=O)OCc2ccccc2)[C@@H](C)[C@H](C2CC2)N3C(C)O)cn1. The van der Waals surface area contributed by atoms with Crippen LogP contribution >= 0.6 is 0 Å². The normalized spacial score (nSPS) is 21.8. The molecule has 1 fully saturated rings. The molecule has 0 bridgehead atoms. The van der Waals surface area contributed by atoms with Crippen molar-refractivity contribution in [2.75, 3.05) is 18.6 Å². The molecule has 2 unspecified atom stereocenters. The van der Waals surface area contributed by atoms with Crippen molar-refractivity contribution in [2.24, 2.45) is 11.8 Å². The maximum Gasteiger partial charge on any atom is 0.407 e. The third kappa shape index (κ3) is 5.50. The maximum absolute atomic E-state index is 13.0. The second-order valence-corrected chi connectivity index (χ2v) is 10.2. The first-order valence-corrected chi connectivity index (χ1v) is 13.1. The Morgan fingerprint density at radius 3 is 2.68 bits per heavy atom. The molecule has 3 aromatic rings. The summed E-state index contributed by atoms with van der Waals surface area (Å²) >= 11 is 0. The van der Waals surface area contributed by atoms with Gasteiger partial charge in [0, 0.05) is 36.5 Å². The van der Waals surface area contributed by atoms with Gasteiger partial charge in [0.15, 0.2) is 0 Å². The predicted octanol–water partition coefficient (Wildman–Crippen LogP) is 4.74. The molecular formula is C29H36N4O4. The van der Waals surface area contributed by atoms with Crippen molar-refractivity contribution >= 4 is 11.8 Å². The van der Waals surface area contributed by atoms with E-state index in [1.165, 1.54) is 0 Å².